The Morgan fingerprint density at radius 3 is 2.73 bits per heavy atom. The van der Waals surface area contributed by atoms with Gasteiger partial charge in [-0.2, -0.15) is 0 Å². The summed E-state index contributed by atoms with van der Waals surface area (Å²) >= 11 is 5.33. The summed E-state index contributed by atoms with van der Waals surface area (Å²) in [6.07, 6.45) is 3.72. The average Bonchev–Trinajstić information content (AvgIpc) is 2.54. The number of ether oxygens (including phenoxy) is 1. The van der Waals surface area contributed by atoms with E-state index in [2.05, 4.69) is 46.8 Å². The molecule has 0 radical (unpaired) electrons. The highest BCUT2D eigenvalue weighted by Gasteiger charge is 2.08. The average molecular weight is 315 g/mol. The molecule has 0 aliphatic carbocycles. The van der Waals surface area contributed by atoms with Gasteiger partial charge in [-0.15, -0.1) is 0 Å². The third kappa shape index (κ3) is 5.00. The molecule has 116 valence electrons. The van der Waals surface area contributed by atoms with Gasteiger partial charge in [0, 0.05) is 12.2 Å². The minimum Gasteiger partial charge on any atom is -0.493 e. The molecule has 0 aliphatic rings. The Morgan fingerprint density at radius 2 is 2.00 bits per heavy atom. The Balaban J connectivity index is 1.81. The van der Waals surface area contributed by atoms with Gasteiger partial charge in [0.2, 0.25) is 0 Å². The predicted molar refractivity (Wildman–Crippen MR) is 94.4 cm³/mol. The Kier molecular flexibility index (Phi) is 6.15. The van der Waals surface area contributed by atoms with Crippen molar-refractivity contribution in [1.82, 2.24) is 10.3 Å². The van der Waals surface area contributed by atoms with Gasteiger partial charge in [-0.25, -0.2) is 4.98 Å². The number of rotatable bonds is 6. The van der Waals surface area contributed by atoms with E-state index in [9.17, 15) is 0 Å². The van der Waals surface area contributed by atoms with Gasteiger partial charge in [0.15, 0.2) is 16.7 Å². The summed E-state index contributed by atoms with van der Waals surface area (Å²) in [4.78, 5) is 4.23. The summed E-state index contributed by atoms with van der Waals surface area (Å²) in [7, 11) is 1.61. The molecule has 0 unspecified atom stereocenters. The van der Waals surface area contributed by atoms with Crippen LogP contribution < -0.4 is 15.4 Å². The molecule has 0 bridgehead atoms. The van der Waals surface area contributed by atoms with Crippen molar-refractivity contribution in [2.24, 2.45) is 0 Å². The second-order valence-electron chi connectivity index (χ2n) is 5.08. The molecule has 0 amide bonds. The van der Waals surface area contributed by atoms with Crippen molar-refractivity contribution < 1.29 is 4.74 Å². The molecule has 22 heavy (non-hydrogen) atoms. The summed E-state index contributed by atoms with van der Waals surface area (Å²) in [5.74, 6) is 1.29. The standard InChI is InChI=1S/C17H21N3OS/c1-13(10-11-14-7-4-3-5-8-14)19-17(22)20-16-15(21-2)9-6-12-18-16/h3-9,12-13H,10-11H2,1-2H3,(H2,18,19,20,22)/t13-/m1/s1. The lowest BCUT2D eigenvalue weighted by molar-refractivity contribution is 0.415. The Labute approximate surface area is 136 Å². The first-order valence-electron chi connectivity index (χ1n) is 7.29. The first-order valence-corrected chi connectivity index (χ1v) is 7.70. The van der Waals surface area contributed by atoms with E-state index in [-0.39, 0.29) is 6.04 Å². The first-order chi connectivity index (χ1) is 10.7. The number of nitrogens with zero attached hydrogens (tertiary/aromatic N) is 1. The molecule has 2 rings (SSSR count). The van der Waals surface area contributed by atoms with Gasteiger partial charge in [-0.3, -0.25) is 0 Å². The van der Waals surface area contributed by atoms with Crippen molar-refractivity contribution in [1.29, 1.82) is 0 Å². The maximum absolute atomic E-state index is 5.33. The number of pyridine rings is 1. The van der Waals surface area contributed by atoms with E-state index in [4.69, 9.17) is 17.0 Å². The van der Waals surface area contributed by atoms with Crippen LogP contribution in [0.15, 0.2) is 48.7 Å². The minimum absolute atomic E-state index is 0.273. The van der Waals surface area contributed by atoms with Gasteiger partial charge < -0.3 is 15.4 Å². The van der Waals surface area contributed by atoms with Crippen LogP contribution in [0.1, 0.15) is 18.9 Å². The summed E-state index contributed by atoms with van der Waals surface area (Å²) < 4.78 is 5.24. The number of benzene rings is 1. The van der Waals surface area contributed by atoms with E-state index in [1.54, 1.807) is 13.3 Å². The number of nitrogens with one attached hydrogen (secondary N) is 2. The highest BCUT2D eigenvalue weighted by molar-refractivity contribution is 7.80. The van der Waals surface area contributed by atoms with E-state index in [0.717, 1.165) is 12.8 Å². The SMILES string of the molecule is COc1cccnc1NC(=S)N[C@H](C)CCc1ccccc1. The number of hydrogen-bond acceptors (Lipinski definition) is 3. The van der Waals surface area contributed by atoms with Gasteiger partial charge in [0.25, 0.3) is 0 Å². The molecule has 0 fully saturated rings. The Morgan fingerprint density at radius 1 is 1.23 bits per heavy atom. The lowest BCUT2D eigenvalue weighted by atomic mass is 10.1. The van der Waals surface area contributed by atoms with Crippen molar-refractivity contribution in [3.63, 3.8) is 0 Å². The van der Waals surface area contributed by atoms with Crippen LogP contribution in [0.3, 0.4) is 0 Å². The molecule has 5 heteroatoms. The summed E-state index contributed by atoms with van der Waals surface area (Å²) in [6.45, 7) is 2.12. The van der Waals surface area contributed by atoms with Gasteiger partial charge >= 0.3 is 0 Å². The zero-order valence-corrected chi connectivity index (χ0v) is 13.7. The smallest absolute Gasteiger partial charge is 0.174 e. The molecule has 1 aromatic carbocycles. The minimum atomic E-state index is 0.273. The van der Waals surface area contributed by atoms with Gasteiger partial charge in [-0.05, 0) is 49.7 Å². The third-order valence-electron chi connectivity index (χ3n) is 3.31. The summed E-state index contributed by atoms with van der Waals surface area (Å²) in [6, 6.07) is 14.4. The molecule has 0 spiro atoms. The number of thiocarbonyl (C=S) groups is 1. The molecule has 2 N–H and O–H groups in total. The van der Waals surface area contributed by atoms with Crippen LogP contribution in [0.2, 0.25) is 0 Å². The van der Waals surface area contributed by atoms with E-state index < -0.39 is 0 Å². The lowest BCUT2D eigenvalue weighted by Crippen LogP contribution is -2.36. The van der Waals surface area contributed by atoms with Crippen LogP contribution in [0.25, 0.3) is 0 Å². The van der Waals surface area contributed by atoms with Crippen LogP contribution in [-0.4, -0.2) is 23.2 Å². The molecule has 1 atom stereocenters. The van der Waals surface area contributed by atoms with Crippen LogP contribution in [-0.2, 0) is 6.42 Å². The number of methoxy groups -OCH3 is 1. The van der Waals surface area contributed by atoms with E-state index >= 15 is 0 Å². The normalized spacial score (nSPS) is 11.5. The first kappa shape index (κ1) is 16.2. The predicted octanol–water partition coefficient (Wildman–Crippen LogP) is 3.40. The molecule has 2 aromatic rings. The van der Waals surface area contributed by atoms with Crippen molar-refractivity contribution >= 4 is 23.1 Å². The number of anilines is 1. The van der Waals surface area contributed by atoms with Crippen molar-refractivity contribution in [2.45, 2.75) is 25.8 Å². The summed E-state index contributed by atoms with van der Waals surface area (Å²) in [5.41, 5.74) is 1.33. The third-order valence-corrected chi connectivity index (χ3v) is 3.53. The monoisotopic (exact) mass is 315 g/mol. The number of aromatic nitrogens is 1. The van der Waals surface area contributed by atoms with Crippen LogP contribution in [0.5, 0.6) is 5.75 Å². The van der Waals surface area contributed by atoms with Crippen LogP contribution in [0, 0.1) is 0 Å². The quantitative estimate of drug-likeness (QED) is 0.800. The largest absolute Gasteiger partial charge is 0.493 e. The molecule has 1 aromatic heterocycles. The molecule has 0 saturated carbocycles. The topological polar surface area (TPSA) is 46.2 Å². The van der Waals surface area contributed by atoms with Crippen molar-refractivity contribution in [2.75, 3.05) is 12.4 Å². The molecule has 1 heterocycles. The van der Waals surface area contributed by atoms with Crippen LogP contribution >= 0.6 is 12.2 Å². The van der Waals surface area contributed by atoms with Gasteiger partial charge in [-0.1, -0.05) is 30.3 Å². The maximum Gasteiger partial charge on any atom is 0.174 e. The second-order valence-corrected chi connectivity index (χ2v) is 5.49. The fraction of sp³-hybridized carbons (Fsp3) is 0.294. The molecular formula is C17H21N3OS. The highest BCUT2D eigenvalue weighted by atomic mass is 32.1. The molecule has 4 nitrogen and oxygen atoms in total. The van der Waals surface area contributed by atoms with E-state index in [1.807, 2.05) is 18.2 Å². The highest BCUT2D eigenvalue weighted by Crippen LogP contribution is 2.19. The molecule has 0 aliphatic heterocycles. The summed E-state index contributed by atoms with van der Waals surface area (Å²) in [5, 5.41) is 6.90. The number of hydrogen-bond donors (Lipinski definition) is 2. The van der Waals surface area contributed by atoms with Gasteiger partial charge in [0.1, 0.15) is 0 Å². The van der Waals surface area contributed by atoms with Crippen LogP contribution in [0.4, 0.5) is 5.82 Å². The molecule has 0 saturated heterocycles. The lowest BCUT2D eigenvalue weighted by Gasteiger charge is -2.17. The number of aryl methyl sites for hydroxylation is 1. The maximum atomic E-state index is 5.33. The second kappa shape index (κ2) is 8.34. The molecular weight excluding hydrogens is 294 g/mol. The van der Waals surface area contributed by atoms with E-state index in [0.29, 0.717) is 16.7 Å². The Bertz CT molecular complexity index is 604. The fourth-order valence-electron chi connectivity index (χ4n) is 2.12. The fourth-order valence-corrected chi connectivity index (χ4v) is 2.41. The van der Waals surface area contributed by atoms with Gasteiger partial charge in [0.05, 0.1) is 7.11 Å². The van der Waals surface area contributed by atoms with E-state index in [1.165, 1.54) is 5.56 Å². The zero-order valence-electron chi connectivity index (χ0n) is 12.9. The van der Waals surface area contributed by atoms with Crippen molar-refractivity contribution in [3.8, 4) is 5.75 Å². The Hall–Kier alpha value is -2.14. The van der Waals surface area contributed by atoms with Crippen molar-refractivity contribution in [3.05, 3.63) is 54.2 Å². The zero-order chi connectivity index (χ0) is 15.8.